The first-order valence-corrected chi connectivity index (χ1v) is 9.11. The lowest BCUT2D eigenvalue weighted by Gasteiger charge is -2.29. The summed E-state index contributed by atoms with van der Waals surface area (Å²) in [6.07, 6.45) is -0.105. The van der Waals surface area contributed by atoms with Gasteiger partial charge in [0.15, 0.2) is 10.8 Å². The minimum Gasteiger partial charge on any atom is -0.378 e. The Morgan fingerprint density at radius 1 is 1.20 bits per heavy atom. The smallest absolute Gasteiger partial charge is 0.313 e. The Labute approximate surface area is 147 Å². The van der Waals surface area contributed by atoms with Gasteiger partial charge >= 0.3 is 5.69 Å². The van der Waals surface area contributed by atoms with Crippen molar-refractivity contribution in [3.05, 3.63) is 16.2 Å². The number of thiazole rings is 1. The first-order chi connectivity index (χ1) is 12.1. The van der Waals surface area contributed by atoms with Gasteiger partial charge in [-0.1, -0.05) is 11.3 Å². The van der Waals surface area contributed by atoms with Crippen LogP contribution in [-0.2, 0) is 4.74 Å². The molecule has 2 aliphatic rings. The second kappa shape index (κ2) is 6.68. The number of anilines is 2. The van der Waals surface area contributed by atoms with E-state index in [1.807, 2.05) is 0 Å². The van der Waals surface area contributed by atoms with E-state index in [4.69, 9.17) is 4.74 Å². The van der Waals surface area contributed by atoms with Gasteiger partial charge in [0.25, 0.3) is 0 Å². The van der Waals surface area contributed by atoms with Crippen molar-refractivity contribution in [2.75, 3.05) is 49.2 Å². The zero-order chi connectivity index (χ0) is 17.4. The third kappa shape index (κ3) is 3.23. The summed E-state index contributed by atoms with van der Waals surface area (Å²) in [6.45, 7) is 3.65. The van der Waals surface area contributed by atoms with E-state index in [1.54, 1.807) is 11.0 Å². The average Bonchev–Trinajstić information content (AvgIpc) is 3.05. The van der Waals surface area contributed by atoms with E-state index in [0.717, 1.165) is 18.2 Å². The molecule has 134 valence electrons. The molecule has 0 unspecified atom stereocenters. The van der Waals surface area contributed by atoms with Crippen LogP contribution in [0.2, 0.25) is 0 Å². The number of alkyl halides is 1. The van der Waals surface area contributed by atoms with Crippen molar-refractivity contribution in [1.29, 1.82) is 0 Å². The molecule has 4 heterocycles. The van der Waals surface area contributed by atoms with Crippen molar-refractivity contribution < 1.29 is 14.1 Å². The number of hydrogen-bond acceptors (Lipinski definition) is 8. The van der Waals surface area contributed by atoms with Crippen LogP contribution < -0.4 is 9.80 Å². The van der Waals surface area contributed by atoms with Gasteiger partial charge in [0.2, 0.25) is 5.82 Å². The van der Waals surface area contributed by atoms with E-state index in [9.17, 15) is 14.5 Å². The van der Waals surface area contributed by atoms with Gasteiger partial charge in [0.05, 0.1) is 22.8 Å². The maximum atomic E-state index is 13.4. The molecular formula is C15H18FN5O3S. The summed E-state index contributed by atoms with van der Waals surface area (Å²) in [6, 6.07) is 1.54. The predicted octanol–water partition coefficient (Wildman–Crippen LogP) is 2.37. The number of nitrogens with zero attached hydrogens (tertiary/aromatic N) is 5. The molecule has 2 aromatic rings. The first kappa shape index (κ1) is 16.4. The number of hydrogen-bond donors (Lipinski definition) is 0. The summed E-state index contributed by atoms with van der Waals surface area (Å²) < 4.78 is 19.4. The highest BCUT2D eigenvalue weighted by Crippen LogP contribution is 2.36. The summed E-state index contributed by atoms with van der Waals surface area (Å²) >= 11 is 1.40. The van der Waals surface area contributed by atoms with Gasteiger partial charge in [0.1, 0.15) is 6.17 Å². The topological polar surface area (TPSA) is 84.6 Å². The van der Waals surface area contributed by atoms with Crippen molar-refractivity contribution in [3.8, 4) is 0 Å². The molecule has 0 N–H and O–H groups in total. The third-order valence-electron chi connectivity index (χ3n) is 4.53. The molecule has 0 aliphatic carbocycles. The van der Waals surface area contributed by atoms with Crippen LogP contribution in [0.5, 0.6) is 0 Å². The molecule has 0 spiro atoms. The van der Waals surface area contributed by atoms with E-state index in [-0.39, 0.29) is 5.69 Å². The molecule has 0 amide bonds. The average molecular weight is 367 g/mol. The number of fused-ring (bicyclic) bond motifs is 1. The summed E-state index contributed by atoms with van der Waals surface area (Å²) in [4.78, 5) is 24.0. The Morgan fingerprint density at radius 2 is 1.92 bits per heavy atom. The van der Waals surface area contributed by atoms with Crippen molar-refractivity contribution in [3.63, 3.8) is 0 Å². The van der Waals surface area contributed by atoms with Crippen LogP contribution in [0.3, 0.4) is 0 Å². The highest BCUT2D eigenvalue weighted by molar-refractivity contribution is 7.22. The van der Waals surface area contributed by atoms with Crippen LogP contribution in [0.25, 0.3) is 10.3 Å². The largest absolute Gasteiger partial charge is 0.378 e. The van der Waals surface area contributed by atoms with Crippen LogP contribution in [0.1, 0.15) is 12.8 Å². The lowest BCUT2D eigenvalue weighted by atomic mass is 10.1. The SMILES string of the molecule is O=[N+]([O-])c1cc2sc(N3CCOCC3)nc2nc1N1CCC(F)CC1. The van der Waals surface area contributed by atoms with Gasteiger partial charge in [-0.2, -0.15) is 4.98 Å². The minimum atomic E-state index is -0.841. The Balaban J connectivity index is 1.71. The molecule has 4 rings (SSSR count). The maximum absolute atomic E-state index is 13.4. The van der Waals surface area contributed by atoms with Gasteiger partial charge in [-0.05, 0) is 12.8 Å². The number of rotatable bonds is 3. The zero-order valence-electron chi connectivity index (χ0n) is 13.6. The molecule has 2 fully saturated rings. The number of halogens is 1. The maximum Gasteiger partial charge on any atom is 0.313 e. The van der Waals surface area contributed by atoms with Crippen LogP contribution in [-0.4, -0.2) is 60.5 Å². The molecule has 0 atom stereocenters. The monoisotopic (exact) mass is 367 g/mol. The second-order valence-corrected chi connectivity index (χ2v) is 7.18. The Morgan fingerprint density at radius 3 is 2.60 bits per heavy atom. The molecule has 0 radical (unpaired) electrons. The third-order valence-corrected chi connectivity index (χ3v) is 5.59. The molecule has 0 saturated carbocycles. The number of aromatic nitrogens is 2. The van der Waals surface area contributed by atoms with E-state index in [2.05, 4.69) is 14.9 Å². The number of morpholine rings is 1. The number of nitro groups is 1. The molecule has 0 bridgehead atoms. The molecule has 0 aromatic carbocycles. The van der Waals surface area contributed by atoms with Gasteiger partial charge in [-0.15, -0.1) is 0 Å². The minimum absolute atomic E-state index is 0.0398. The van der Waals surface area contributed by atoms with E-state index >= 15 is 0 Å². The molecular weight excluding hydrogens is 349 g/mol. The summed E-state index contributed by atoms with van der Waals surface area (Å²) in [5.41, 5.74) is 0.469. The Kier molecular flexibility index (Phi) is 4.38. The van der Waals surface area contributed by atoms with E-state index in [1.165, 1.54) is 11.3 Å². The highest BCUT2D eigenvalue weighted by Gasteiger charge is 2.28. The van der Waals surface area contributed by atoms with Crippen LogP contribution in [0.4, 0.5) is 21.0 Å². The van der Waals surface area contributed by atoms with Crippen molar-refractivity contribution >= 4 is 38.3 Å². The lowest BCUT2D eigenvalue weighted by molar-refractivity contribution is -0.384. The summed E-state index contributed by atoms with van der Waals surface area (Å²) in [5.74, 6) is 0.295. The summed E-state index contributed by atoms with van der Waals surface area (Å²) in [5, 5.41) is 12.3. The van der Waals surface area contributed by atoms with E-state index < -0.39 is 11.1 Å². The molecule has 2 aliphatic heterocycles. The standard InChI is InChI=1S/C15H18FN5O3S/c16-10-1-3-19(4-2-10)14-11(21(22)23)9-12-13(17-14)18-15(25-12)20-5-7-24-8-6-20/h9-10H,1-8H2. The van der Waals surface area contributed by atoms with E-state index in [0.29, 0.717) is 55.3 Å². The van der Waals surface area contributed by atoms with Gasteiger partial charge < -0.3 is 14.5 Å². The predicted molar refractivity (Wildman–Crippen MR) is 93.4 cm³/mol. The Hall–Kier alpha value is -2.07. The zero-order valence-corrected chi connectivity index (χ0v) is 14.4. The summed E-state index contributed by atoms with van der Waals surface area (Å²) in [7, 11) is 0. The van der Waals surface area contributed by atoms with Gasteiger partial charge in [0, 0.05) is 32.2 Å². The van der Waals surface area contributed by atoms with Gasteiger partial charge in [-0.3, -0.25) is 10.1 Å². The molecule has 2 aromatic heterocycles. The van der Waals surface area contributed by atoms with Crippen molar-refractivity contribution in [2.45, 2.75) is 19.0 Å². The van der Waals surface area contributed by atoms with Crippen LogP contribution in [0.15, 0.2) is 6.07 Å². The van der Waals surface area contributed by atoms with Gasteiger partial charge in [-0.25, -0.2) is 9.37 Å². The Bertz CT molecular complexity index is 787. The quantitative estimate of drug-likeness (QED) is 0.608. The molecule has 2 saturated heterocycles. The molecule has 25 heavy (non-hydrogen) atoms. The first-order valence-electron chi connectivity index (χ1n) is 8.29. The fraction of sp³-hybridized carbons (Fsp3) is 0.600. The van der Waals surface area contributed by atoms with Crippen LogP contribution in [0, 0.1) is 10.1 Å². The second-order valence-electron chi connectivity index (χ2n) is 6.17. The number of piperidine rings is 1. The van der Waals surface area contributed by atoms with Crippen molar-refractivity contribution in [2.24, 2.45) is 0 Å². The fourth-order valence-electron chi connectivity index (χ4n) is 3.15. The van der Waals surface area contributed by atoms with Crippen LogP contribution >= 0.6 is 11.3 Å². The number of ether oxygens (including phenoxy) is 1. The lowest BCUT2D eigenvalue weighted by Crippen LogP contribution is -2.36. The van der Waals surface area contributed by atoms with Crippen molar-refractivity contribution in [1.82, 2.24) is 9.97 Å². The fourth-order valence-corrected chi connectivity index (χ4v) is 4.14. The highest BCUT2D eigenvalue weighted by atomic mass is 32.1. The molecule has 10 heteroatoms. The number of pyridine rings is 1. The normalized spacial score (nSPS) is 19.6. The molecule has 8 nitrogen and oxygen atoms in total.